The van der Waals surface area contributed by atoms with Gasteiger partial charge in [-0.25, -0.2) is 0 Å². The molecule has 2 fully saturated rings. The number of halogens is 3. The smallest absolute Gasteiger partial charge is 0.422 e. The van der Waals surface area contributed by atoms with Gasteiger partial charge < -0.3 is 14.0 Å². The monoisotopic (exact) mass is 449 g/mol. The standard InChI is InChI=1S/C20H26F3NO5S/c1-19-7-6-12-13(15(19)4-5-18(19)25)3-2-11-8-17(29-30(24,26)27)16(9-14(11)12)28-10-20(21,22)23/h8-9,12-13,15,18,25H,2-7,10H2,1H3,(H2,24,26,27)/t12-,13+,15-,18-,19-/m0/s1. The predicted octanol–water partition coefficient (Wildman–Crippen LogP) is 3.43. The fourth-order valence-electron chi connectivity index (χ4n) is 6.01. The molecule has 6 nitrogen and oxygen atoms in total. The van der Waals surface area contributed by atoms with Gasteiger partial charge in [0.15, 0.2) is 18.1 Å². The van der Waals surface area contributed by atoms with E-state index >= 15 is 0 Å². The highest BCUT2D eigenvalue weighted by atomic mass is 32.2. The molecule has 5 atom stereocenters. The quantitative estimate of drug-likeness (QED) is 0.734. The van der Waals surface area contributed by atoms with E-state index in [-0.39, 0.29) is 28.9 Å². The molecule has 0 bridgehead atoms. The van der Waals surface area contributed by atoms with Crippen molar-refractivity contribution in [3.63, 3.8) is 0 Å². The molecule has 0 unspecified atom stereocenters. The Labute approximate surface area is 173 Å². The lowest BCUT2D eigenvalue weighted by atomic mass is 9.55. The molecular weight excluding hydrogens is 423 g/mol. The first-order valence-corrected chi connectivity index (χ1v) is 11.6. The van der Waals surface area contributed by atoms with E-state index in [1.807, 2.05) is 0 Å². The molecule has 0 amide bonds. The van der Waals surface area contributed by atoms with E-state index < -0.39 is 23.1 Å². The molecule has 0 aromatic heterocycles. The van der Waals surface area contributed by atoms with Gasteiger partial charge in [0.2, 0.25) is 0 Å². The Kier molecular flexibility index (Phi) is 5.26. The summed E-state index contributed by atoms with van der Waals surface area (Å²) in [6.45, 7) is 0.579. The molecule has 3 aliphatic rings. The number of aliphatic hydroxyl groups excluding tert-OH is 1. The lowest BCUT2D eigenvalue weighted by Crippen LogP contribution is -2.43. The second kappa shape index (κ2) is 7.27. The SMILES string of the molecule is C[C@]12CC[C@@H]3c4cc(OCC(F)(F)F)c(OS(N)(=O)=O)cc4CC[C@H]3[C@@H]1CC[C@@H]2O. The van der Waals surface area contributed by atoms with Crippen LogP contribution >= 0.6 is 0 Å². The highest BCUT2D eigenvalue weighted by molar-refractivity contribution is 7.84. The van der Waals surface area contributed by atoms with Crippen LogP contribution in [0.5, 0.6) is 11.5 Å². The van der Waals surface area contributed by atoms with Crippen molar-refractivity contribution in [1.82, 2.24) is 0 Å². The number of hydrogen-bond acceptors (Lipinski definition) is 5. The third-order valence-corrected chi connectivity index (χ3v) is 7.75. The van der Waals surface area contributed by atoms with Crippen LogP contribution in [0.2, 0.25) is 0 Å². The number of hydrogen-bond donors (Lipinski definition) is 2. The molecule has 10 heteroatoms. The van der Waals surface area contributed by atoms with Crippen LogP contribution in [0.4, 0.5) is 13.2 Å². The maximum Gasteiger partial charge on any atom is 0.422 e. The zero-order valence-electron chi connectivity index (χ0n) is 16.6. The molecule has 30 heavy (non-hydrogen) atoms. The van der Waals surface area contributed by atoms with E-state index in [1.54, 1.807) is 0 Å². The molecule has 4 rings (SSSR count). The summed E-state index contributed by atoms with van der Waals surface area (Å²) in [5, 5.41) is 15.4. The molecule has 3 N–H and O–H groups in total. The number of aryl methyl sites for hydroxylation is 1. The lowest BCUT2D eigenvalue weighted by molar-refractivity contribution is -0.153. The minimum atomic E-state index is -4.58. The Bertz CT molecular complexity index is 935. The van der Waals surface area contributed by atoms with Crippen LogP contribution in [0.1, 0.15) is 56.1 Å². The first-order chi connectivity index (χ1) is 13.9. The zero-order valence-corrected chi connectivity index (χ0v) is 17.4. The minimum Gasteiger partial charge on any atom is -0.480 e. The number of fused-ring (bicyclic) bond motifs is 5. The van der Waals surface area contributed by atoms with Crippen LogP contribution in [0, 0.1) is 17.3 Å². The van der Waals surface area contributed by atoms with Crippen molar-refractivity contribution in [2.75, 3.05) is 6.61 Å². The molecule has 1 aromatic rings. The Morgan fingerprint density at radius 1 is 1.20 bits per heavy atom. The second-order valence-corrected chi connectivity index (χ2v) is 10.2. The van der Waals surface area contributed by atoms with Crippen molar-refractivity contribution < 1.29 is 35.6 Å². The van der Waals surface area contributed by atoms with Gasteiger partial charge in [-0.15, -0.1) is 0 Å². The van der Waals surface area contributed by atoms with E-state index in [2.05, 4.69) is 6.92 Å². The maximum atomic E-state index is 12.7. The summed E-state index contributed by atoms with van der Waals surface area (Å²) in [4.78, 5) is 0. The topological polar surface area (TPSA) is 98.9 Å². The average molecular weight is 449 g/mol. The average Bonchev–Trinajstić information content (AvgIpc) is 2.93. The van der Waals surface area contributed by atoms with E-state index in [4.69, 9.17) is 14.1 Å². The van der Waals surface area contributed by atoms with Gasteiger partial charge in [0.1, 0.15) is 0 Å². The summed E-state index contributed by atoms with van der Waals surface area (Å²) in [5.41, 5.74) is 1.61. The summed E-state index contributed by atoms with van der Waals surface area (Å²) >= 11 is 0. The van der Waals surface area contributed by atoms with Crippen LogP contribution in [0.25, 0.3) is 0 Å². The minimum absolute atomic E-state index is 0.120. The van der Waals surface area contributed by atoms with Gasteiger partial charge in [-0.2, -0.15) is 26.7 Å². The highest BCUT2D eigenvalue weighted by Crippen LogP contribution is 2.61. The molecule has 0 heterocycles. The molecular formula is C20H26F3NO5S. The van der Waals surface area contributed by atoms with Crippen molar-refractivity contribution >= 4 is 10.3 Å². The number of benzene rings is 1. The molecule has 0 saturated heterocycles. The van der Waals surface area contributed by atoms with Gasteiger partial charge in [-0.3, -0.25) is 0 Å². The summed E-state index contributed by atoms with van der Waals surface area (Å²) in [7, 11) is -4.42. The van der Waals surface area contributed by atoms with Crippen molar-refractivity contribution in [3.05, 3.63) is 23.3 Å². The van der Waals surface area contributed by atoms with Gasteiger partial charge in [-0.05, 0) is 85.0 Å². The Morgan fingerprint density at radius 3 is 2.60 bits per heavy atom. The molecule has 3 aliphatic carbocycles. The summed E-state index contributed by atoms with van der Waals surface area (Å²) in [5.74, 6) is 0.221. The van der Waals surface area contributed by atoms with Crippen LogP contribution in [-0.4, -0.2) is 32.4 Å². The maximum absolute atomic E-state index is 12.7. The number of nitrogens with two attached hydrogens (primary N) is 1. The molecule has 2 saturated carbocycles. The zero-order chi connectivity index (χ0) is 21.9. The van der Waals surface area contributed by atoms with Crippen LogP contribution in [0.15, 0.2) is 12.1 Å². The van der Waals surface area contributed by atoms with Gasteiger partial charge in [-0.1, -0.05) is 6.92 Å². The first kappa shape index (κ1) is 21.7. The molecule has 168 valence electrons. The third kappa shape index (κ3) is 4.01. The highest BCUT2D eigenvalue weighted by Gasteiger charge is 2.54. The van der Waals surface area contributed by atoms with Crippen molar-refractivity contribution in [1.29, 1.82) is 0 Å². The molecule has 0 aliphatic heterocycles. The van der Waals surface area contributed by atoms with Crippen LogP contribution in [-0.2, 0) is 16.7 Å². The second-order valence-electron chi connectivity index (χ2n) is 9.03. The number of alkyl halides is 3. The third-order valence-electron chi connectivity index (χ3n) is 7.34. The fourth-order valence-corrected chi connectivity index (χ4v) is 6.39. The lowest BCUT2D eigenvalue weighted by Gasteiger charge is -2.50. The normalized spacial score (nSPS) is 33.4. The Morgan fingerprint density at radius 2 is 1.93 bits per heavy atom. The van der Waals surface area contributed by atoms with Gasteiger partial charge in [0, 0.05) is 0 Å². The first-order valence-electron chi connectivity index (χ1n) is 10.1. The van der Waals surface area contributed by atoms with Crippen LogP contribution < -0.4 is 14.1 Å². The van der Waals surface area contributed by atoms with E-state index in [0.29, 0.717) is 18.3 Å². The van der Waals surface area contributed by atoms with Crippen molar-refractivity contribution in [2.45, 2.75) is 63.6 Å². The Hall–Kier alpha value is -1.52. The van der Waals surface area contributed by atoms with Gasteiger partial charge in [0.25, 0.3) is 0 Å². The van der Waals surface area contributed by atoms with E-state index in [9.17, 15) is 26.7 Å². The number of rotatable bonds is 4. The largest absolute Gasteiger partial charge is 0.480 e. The van der Waals surface area contributed by atoms with Gasteiger partial charge >= 0.3 is 16.5 Å². The van der Waals surface area contributed by atoms with E-state index in [0.717, 1.165) is 43.2 Å². The summed E-state index contributed by atoms with van der Waals surface area (Å²) in [6.07, 6.45) is 0.00677. The Balaban J connectivity index is 1.70. The number of aliphatic hydroxyl groups is 1. The fraction of sp³-hybridized carbons (Fsp3) is 0.700. The van der Waals surface area contributed by atoms with Crippen molar-refractivity contribution in [2.24, 2.45) is 22.4 Å². The number of ether oxygens (including phenoxy) is 1. The molecule has 0 radical (unpaired) electrons. The van der Waals surface area contributed by atoms with E-state index in [1.165, 1.54) is 12.1 Å². The summed E-state index contributed by atoms with van der Waals surface area (Å²) in [6, 6.07) is 2.94. The van der Waals surface area contributed by atoms with Crippen LogP contribution in [0.3, 0.4) is 0 Å². The van der Waals surface area contributed by atoms with Gasteiger partial charge in [0.05, 0.1) is 6.10 Å². The predicted molar refractivity (Wildman–Crippen MR) is 102 cm³/mol. The summed E-state index contributed by atoms with van der Waals surface area (Å²) < 4.78 is 70.6. The van der Waals surface area contributed by atoms with Crippen molar-refractivity contribution in [3.8, 4) is 11.5 Å². The molecule has 0 spiro atoms. The molecule has 1 aromatic carbocycles.